The van der Waals surface area contributed by atoms with Gasteiger partial charge in [-0.25, -0.2) is 0 Å². The molecule has 3 N–H and O–H groups in total. The maximum atomic E-state index is 11.1. The molecule has 0 unspecified atom stereocenters. The fourth-order valence-corrected chi connectivity index (χ4v) is 3.82. The zero-order valence-corrected chi connectivity index (χ0v) is 20.4. The van der Waals surface area contributed by atoms with Crippen molar-refractivity contribution < 1.29 is 34.4 Å². The van der Waals surface area contributed by atoms with Crippen LogP contribution in [0, 0.1) is 0 Å². The molecule has 0 heterocycles. The third-order valence-electron chi connectivity index (χ3n) is 5.60. The maximum absolute atomic E-state index is 11.1. The highest BCUT2D eigenvalue weighted by Crippen LogP contribution is 2.50. The first-order valence-electron chi connectivity index (χ1n) is 11.4. The molecule has 0 saturated carbocycles. The van der Waals surface area contributed by atoms with Crippen molar-refractivity contribution >= 4 is 6.21 Å². The van der Waals surface area contributed by atoms with Crippen molar-refractivity contribution in [2.45, 2.75) is 6.61 Å². The number of nitrogens with zero attached hydrogens (tertiary/aromatic N) is 1. The largest absolute Gasteiger partial charge is 0.508 e. The van der Waals surface area contributed by atoms with E-state index < -0.39 is 0 Å². The van der Waals surface area contributed by atoms with E-state index in [1.54, 1.807) is 42.5 Å². The molecular weight excluding hydrogens is 474 g/mol. The Morgan fingerprint density at radius 2 is 1.51 bits per heavy atom. The van der Waals surface area contributed by atoms with E-state index in [2.05, 4.69) is 5.16 Å². The molecule has 0 aliphatic carbocycles. The molecule has 0 saturated heterocycles. The highest BCUT2D eigenvalue weighted by Gasteiger charge is 2.22. The van der Waals surface area contributed by atoms with Crippen LogP contribution in [0.15, 0.2) is 84.0 Å². The lowest BCUT2D eigenvalue weighted by Gasteiger charge is -2.18. The van der Waals surface area contributed by atoms with Crippen LogP contribution in [0.1, 0.15) is 5.56 Å². The number of hydrogen-bond donors (Lipinski definition) is 3. The standard InChI is InChI=1S/C29H27NO7/c1-34-26-17-23(20-8-11-22(31)12-9-20)29(35-2)28(33)27(26)21-10-13-25(24(32)16-21)36-15-14-30-37-18-19-6-4-3-5-7-19/h3-14,16-17,31-33H,15,18H2,1-2H3. The van der Waals surface area contributed by atoms with Crippen LogP contribution in [0.3, 0.4) is 0 Å². The van der Waals surface area contributed by atoms with Gasteiger partial charge < -0.3 is 34.4 Å². The Labute approximate surface area is 214 Å². The normalized spacial score (nSPS) is 10.9. The van der Waals surface area contributed by atoms with Crippen molar-refractivity contribution in [2.24, 2.45) is 5.16 Å². The Bertz CT molecular complexity index is 1370. The first kappa shape index (κ1) is 25.2. The van der Waals surface area contributed by atoms with Gasteiger partial charge >= 0.3 is 0 Å². The van der Waals surface area contributed by atoms with Gasteiger partial charge in [0.2, 0.25) is 0 Å². The molecule has 37 heavy (non-hydrogen) atoms. The number of oxime groups is 1. The van der Waals surface area contributed by atoms with E-state index in [0.29, 0.717) is 29.0 Å². The van der Waals surface area contributed by atoms with Crippen LogP contribution in [0.25, 0.3) is 22.3 Å². The summed E-state index contributed by atoms with van der Waals surface area (Å²) in [6.07, 6.45) is 1.46. The van der Waals surface area contributed by atoms with Gasteiger partial charge in [0.05, 0.1) is 26.0 Å². The van der Waals surface area contributed by atoms with Gasteiger partial charge in [0.25, 0.3) is 0 Å². The van der Waals surface area contributed by atoms with E-state index in [-0.39, 0.29) is 35.4 Å². The van der Waals surface area contributed by atoms with Crippen molar-refractivity contribution in [1.29, 1.82) is 0 Å². The zero-order valence-electron chi connectivity index (χ0n) is 20.4. The predicted molar refractivity (Wildman–Crippen MR) is 141 cm³/mol. The Balaban J connectivity index is 1.52. The van der Waals surface area contributed by atoms with Gasteiger partial charge in [0, 0.05) is 5.56 Å². The molecule has 190 valence electrons. The monoisotopic (exact) mass is 501 g/mol. The molecule has 0 aromatic heterocycles. The SMILES string of the molecule is COc1cc(-c2ccc(O)cc2)c(OC)c(O)c1-c1ccc(OCC=NOCc2ccccc2)c(O)c1. The summed E-state index contributed by atoms with van der Waals surface area (Å²) < 4.78 is 16.6. The lowest BCUT2D eigenvalue weighted by atomic mass is 9.96. The second-order valence-corrected chi connectivity index (χ2v) is 7.97. The highest BCUT2D eigenvalue weighted by atomic mass is 16.6. The van der Waals surface area contributed by atoms with E-state index in [1.807, 2.05) is 30.3 Å². The third-order valence-corrected chi connectivity index (χ3v) is 5.60. The lowest BCUT2D eigenvalue weighted by molar-refractivity contribution is 0.130. The summed E-state index contributed by atoms with van der Waals surface area (Å²) in [5, 5.41) is 35.2. The second-order valence-electron chi connectivity index (χ2n) is 7.97. The number of phenols is 3. The first-order valence-corrected chi connectivity index (χ1v) is 11.4. The quantitative estimate of drug-likeness (QED) is 0.188. The van der Waals surface area contributed by atoms with Crippen molar-refractivity contribution in [3.63, 3.8) is 0 Å². The summed E-state index contributed by atoms with van der Waals surface area (Å²) >= 11 is 0. The van der Waals surface area contributed by atoms with Gasteiger partial charge in [-0.05, 0) is 47.0 Å². The molecule has 0 aliphatic heterocycles. The molecule has 0 atom stereocenters. The number of hydrogen-bond acceptors (Lipinski definition) is 8. The van der Waals surface area contributed by atoms with Crippen molar-refractivity contribution in [3.05, 3.63) is 84.4 Å². The first-order chi connectivity index (χ1) is 18.0. The number of methoxy groups -OCH3 is 2. The molecule has 4 rings (SSSR count). The number of phenolic OH excluding ortho intramolecular Hbond substituents is 3. The number of ether oxygens (including phenoxy) is 3. The van der Waals surface area contributed by atoms with Crippen LogP contribution in [-0.2, 0) is 11.4 Å². The maximum Gasteiger partial charge on any atom is 0.170 e. The van der Waals surface area contributed by atoms with E-state index in [4.69, 9.17) is 19.0 Å². The number of rotatable bonds is 10. The van der Waals surface area contributed by atoms with Gasteiger partial charge in [-0.2, -0.15) is 0 Å². The van der Waals surface area contributed by atoms with Crippen molar-refractivity contribution in [3.8, 4) is 56.8 Å². The van der Waals surface area contributed by atoms with Crippen LogP contribution in [0.2, 0.25) is 0 Å². The smallest absolute Gasteiger partial charge is 0.170 e. The molecule has 4 aromatic carbocycles. The Hall–Kier alpha value is -4.85. The van der Waals surface area contributed by atoms with Crippen LogP contribution < -0.4 is 14.2 Å². The molecule has 0 radical (unpaired) electrons. The lowest BCUT2D eigenvalue weighted by Crippen LogP contribution is -2.00. The van der Waals surface area contributed by atoms with Gasteiger partial charge in [-0.3, -0.25) is 0 Å². The molecule has 0 amide bonds. The summed E-state index contributed by atoms with van der Waals surface area (Å²) in [5.74, 6) is 0.689. The summed E-state index contributed by atoms with van der Waals surface area (Å²) in [6, 6.07) is 22.6. The average molecular weight is 502 g/mol. The molecule has 8 nitrogen and oxygen atoms in total. The fourth-order valence-electron chi connectivity index (χ4n) is 3.82. The zero-order chi connectivity index (χ0) is 26.2. The predicted octanol–water partition coefficient (Wildman–Crippen LogP) is 5.74. The summed E-state index contributed by atoms with van der Waals surface area (Å²) in [5.41, 5.74) is 3.14. The van der Waals surface area contributed by atoms with Crippen LogP contribution >= 0.6 is 0 Å². The van der Waals surface area contributed by atoms with Gasteiger partial charge in [-0.15, -0.1) is 0 Å². The van der Waals surface area contributed by atoms with Crippen LogP contribution in [-0.4, -0.2) is 42.4 Å². The Kier molecular flexibility index (Phi) is 8.00. The van der Waals surface area contributed by atoms with E-state index >= 15 is 0 Å². The number of aromatic hydroxyl groups is 3. The minimum atomic E-state index is -0.152. The molecule has 0 bridgehead atoms. The van der Waals surface area contributed by atoms with Crippen molar-refractivity contribution in [1.82, 2.24) is 0 Å². The van der Waals surface area contributed by atoms with E-state index in [0.717, 1.165) is 11.1 Å². The van der Waals surface area contributed by atoms with E-state index in [9.17, 15) is 15.3 Å². The van der Waals surface area contributed by atoms with Crippen LogP contribution in [0.5, 0.6) is 34.5 Å². The minimum absolute atomic E-state index is 0.0887. The van der Waals surface area contributed by atoms with Crippen LogP contribution in [0.4, 0.5) is 0 Å². The molecule has 0 fully saturated rings. The molecular formula is C29H27NO7. The van der Waals surface area contributed by atoms with Gasteiger partial charge in [-0.1, -0.05) is 53.7 Å². The third kappa shape index (κ3) is 5.87. The topological polar surface area (TPSA) is 110 Å². The Morgan fingerprint density at radius 1 is 0.784 bits per heavy atom. The average Bonchev–Trinajstić information content (AvgIpc) is 2.92. The van der Waals surface area contributed by atoms with Crippen molar-refractivity contribution in [2.75, 3.05) is 20.8 Å². The Morgan fingerprint density at radius 3 is 2.19 bits per heavy atom. The van der Waals surface area contributed by atoms with E-state index in [1.165, 1.54) is 26.5 Å². The van der Waals surface area contributed by atoms with Gasteiger partial charge in [0.15, 0.2) is 23.0 Å². The number of benzene rings is 4. The molecule has 4 aromatic rings. The van der Waals surface area contributed by atoms with Gasteiger partial charge in [0.1, 0.15) is 24.7 Å². The molecule has 8 heteroatoms. The fraction of sp³-hybridized carbons (Fsp3) is 0.138. The summed E-state index contributed by atoms with van der Waals surface area (Å²) in [4.78, 5) is 5.23. The summed E-state index contributed by atoms with van der Waals surface area (Å²) in [7, 11) is 2.94. The second kappa shape index (κ2) is 11.7. The molecule has 0 spiro atoms. The minimum Gasteiger partial charge on any atom is -0.508 e. The molecule has 0 aliphatic rings. The summed E-state index contributed by atoms with van der Waals surface area (Å²) in [6.45, 7) is 0.434. The highest BCUT2D eigenvalue weighted by molar-refractivity contribution is 5.88.